The van der Waals surface area contributed by atoms with Gasteiger partial charge in [0.2, 0.25) is 5.78 Å². The first-order valence-corrected chi connectivity index (χ1v) is 5.97. The van der Waals surface area contributed by atoms with Crippen molar-refractivity contribution in [3.05, 3.63) is 48.3 Å². The standard InChI is InChI=1S/C14H14N4/c1-2-10-4-3-5-11(8-10)12-9-18-7-6-13(15)17-14(18)16-12/h3-9H,2H2,1H3,(H2,15,16,17). The van der Waals surface area contributed by atoms with Gasteiger partial charge >= 0.3 is 0 Å². The summed E-state index contributed by atoms with van der Waals surface area (Å²) in [6.07, 6.45) is 4.86. The number of nitrogens with two attached hydrogens (primary N) is 1. The first kappa shape index (κ1) is 10.8. The fraction of sp³-hybridized carbons (Fsp3) is 0.143. The van der Waals surface area contributed by atoms with Crippen molar-refractivity contribution in [2.24, 2.45) is 0 Å². The Hall–Kier alpha value is -2.36. The van der Waals surface area contributed by atoms with Gasteiger partial charge in [0.1, 0.15) is 5.82 Å². The minimum absolute atomic E-state index is 0.488. The maximum atomic E-state index is 5.65. The second-order valence-corrected chi connectivity index (χ2v) is 4.24. The zero-order valence-corrected chi connectivity index (χ0v) is 10.2. The topological polar surface area (TPSA) is 56.2 Å². The SMILES string of the molecule is CCc1cccc(-c2cn3ccc(N)nc3n2)c1. The smallest absolute Gasteiger partial charge is 0.236 e. The van der Waals surface area contributed by atoms with Crippen LogP contribution in [0.2, 0.25) is 0 Å². The molecule has 90 valence electrons. The van der Waals surface area contributed by atoms with Gasteiger partial charge in [0.05, 0.1) is 5.69 Å². The number of hydrogen-bond acceptors (Lipinski definition) is 3. The van der Waals surface area contributed by atoms with E-state index in [9.17, 15) is 0 Å². The van der Waals surface area contributed by atoms with E-state index in [0.717, 1.165) is 17.7 Å². The largest absolute Gasteiger partial charge is 0.384 e. The van der Waals surface area contributed by atoms with Gasteiger partial charge in [-0.15, -0.1) is 0 Å². The molecule has 0 radical (unpaired) electrons. The van der Waals surface area contributed by atoms with E-state index in [1.165, 1.54) is 5.56 Å². The maximum absolute atomic E-state index is 5.65. The molecular formula is C14H14N4. The number of imidazole rings is 1. The van der Waals surface area contributed by atoms with Crippen molar-refractivity contribution in [3.8, 4) is 11.3 Å². The first-order chi connectivity index (χ1) is 8.76. The fourth-order valence-electron chi connectivity index (χ4n) is 1.98. The highest BCUT2D eigenvalue weighted by Crippen LogP contribution is 2.20. The van der Waals surface area contributed by atoms with Crippen LogP contribution in [-0.2, 0) is 6.42 Å². The van der Waals surface area contributed by atoms with Crippen LogP contribution in [0, 0.1) is 0 Å². The summed E-state index contributed by atoms with van der Waals surface area (Å²) in [4.78, 5) is 8.69. The highest BCUT2D eigenvalue weighted by atomic mass is 15.1. The van der Waals surface area contributed by atoms with E-state index in [4.69, 9.17) is 5.73 Å². The average molecular weight is 238 g/mol. The molecule has 0 unspecified atom stereocenters. The van der Waals surface area contributed by atoms with Gasteiger partial charge in [-0.25, -0.2) is 4.98 Å². The van der Waals surface area contributed by atoms with Crippen molar-refractivity contribution >= 4 is 11.6 Å². The van der Waals surface area contributed by atoms with Gasteiger partial charge in [0, 0.05) is 18.0 Å². The van der Waals surface area contributed by atoms with Crippen molar-refractivity contribution < 1.29 is 0 Å². The van der Waals surface area contributed by atoms with E-state index >= 15 is 0 Å². The Morgan fingerprint density at radius 1 is 1.22 bits per heavy atom. The fourth-order valence-corrected chi connectivity index (χ4v) is 1.98. The quantitative estimate of drug-likeness (QED) is 0.746. The number of nitrogens with zero attached hydrogens (tertiary/aromatic N) is 3. The number of fused-ring (bicyclic) bond motifs is 1. The lowest BCUT2D eigenvalue weighted by atomic mass is 10.1. The summed E-state index contributed by atoms with van der Waals surface area (Å²) < 4.78 is 1.88. The van der Waals surface area contributed by atoms with Gasteiger partial charge in [-0.05, 0) is 24.1 Å². The van der Waals surface area contributed by atoms with E-state index in [-0.39, 0.29) is 0 Å². The predicted molar refractivity (Wildman–Crippen MR) is 72.2 cm³/mol. The number of rotatable bonds is 2. The van der Waals surface area contributed by atoms with Gasteiger partial charge in [-0.3, -0.25) is 4.40 Å². The molecule has 0 atom stereocenters. The van der Waals surface area contributed by atoms with E-state index in [1.807, 2.05) is 16.8 Å². The van der Waals surface area contributed by atoms with Gasteiger partial charge in [-0.1, -0.05) is 25.1 Å². The second kappa shape index (κ2) is 4.14. The summed E-state index contributed by atoms with van der Waals surface area (Å²) in [5.41, 5.74) is 8.99. The van der Waals surface area contributed by atoms with Crippen LogP contribution in [0.5, 0.6) is 0 Å². The predicted octanol–water partition coefficient (Wildman–Crippen LogP) is 2.54. The molecule has 0 aliphatic heterocycles. The zero-order valence-electron chi connectivity index (χ0n) is 10.2. The summed E-state index contributed by atoms with van der Waals surface area (Å²) in [5, 5.41) is 0. The number of aryl methyl sites for hydroxylation is 1. The molecule has 4 nitrogen and oxygen atoms in total. The van der Waals surface area contributed by atoms with Crippen molar-refractivity contribution in [3.63, 3.8) is 0 Å². The molecule has 18 heavy (non-hydrogen) atoms. The lowest BCUT2D eigenvalue weighted by molar-refractivity contribution is 1.11. The van der Waals surface area contributed by atoms with Gasteiger partial charge < -0.3 is 5.73 Å². The molecule has 0 aliphatic carbocycles. The molecule has 2 heterocycles. The number of anilines is 1. The molecule has 1 aromatic carbocycles. The van der Waals surface area contributed by atoms with Gasteiger partial charge in [0.25, 0.3) is 0 Å². The van der Waals surface area contributed by atoms with E-state index in [1.54, 1.807) is 6.07 Å². The monoisotopic (exact) mass is 238 g/mol. The average Bonchev–Trinajstić information content (AvgIpc) is 2.81. The molecule has 0 aliphatic rings. The van der Waals surface area contributed by atoms with E-state index in [0.29, 0.717) is 11.6 Å². The van der Waals surface area contributed by atoms with Crippen LogP contribution in [0.1, 0.15) is 12.5 Å². The number of hydrogen-bond donors (Lipinski definition) is 1. The highest BCUT2D eigenvalue weighted by molar-refractivity contribution is 5.62. The van der Waals surface area contributed by atoms with E-state index < -0.39 is 0 Å². The van der Waals surface area contributed by atoms with Crippen LogP contribution >= 0.6 is 0 Å². The normalized spacial score (nSPS) is 10.9. The van der Waals surface area contributed by atoms with Crippen LogP contribution in [-0.4, -0.2) is 14.4 Å². The molecule has 4 heteroatoms. The Kier molecular flexibility index (Phi) is 2.48. The summed E-state index contributed by atoms with van der Waals surface area (Å²) in [6, 6.07) is 10.2. The Morgan fingerprint density at radius 3 is 2.94 bits per heavy atom. The van der Waals surface area contributed by atoms with Gasteiger partial charge in [-0.2, -0.15) is 4.98 Å². The molecule has 0 amide bonds. The Balaban J connectivity index is 2.13. The second-order valence-electron chi connectivity index (χ2n) is 4.24. The minimum Gasteiger partial charge on any atom is -0.384 e. The summed E-state index contributed by atoms with van der Waals surface area (Å²) in [7, 11) is 0. The number of aromatic nitrogens is 3. The van der Waals surface area contributed by atoms with Crippen LogP contribution < -0.4 is 5.73 Å². The van der Waals surface area contributed by atoms with Gasteiger partial charge in [0.15, 0.2) is 0 Å². The first-order valence-electron chi connectivity index (χ1n) is 5.97. The lowest BCUT2D eigenvalue weighted by Gasteiger charge is -1.99. The summed E-state index contributed by atoms with van der Waals surface area (Å²) >= 11 is 0. The maximum Gasteiger partial charge on any atom is 0.236 e. The molecule has 0 spiro atoms. The number of nitrogen functional groups attached to an aromatic ring is 1. The van der Waals surface area contributed by atoms with Crippen molar-refractivity contribution in [2.45, 2.75) is 13.3 Å². The van der Waals surface area contributed by atoms with Crippen LogP contribution in [0.25, 0.3) is 17.0 Å². The van der Waals surface area contributed by atoms with Crippen molar-refractivity contribution in [2.75, 3.05) is 5.73 Å². The molecular weight excluding hydrogens is 224 g/mol. The van der Waals surface area contributed by atoms with E-state index in [2.05, 4.69) is 41.2 Å². The highest BCUT2D eigenvalue weighted by Gasteiger charge is 2.05. The molecule has 2 N–H and O–H groups in total. The van der Waals surface area contributed by atoms with Crippen LogP contribution in [0.15, 0.2) is 42.7 Å². The van der Waals surface area contributed by atoms with Crippen LogP contribution in [0.4, 0.5) is 5.82 Å². The van der Waals surface area contributed by atoms with Crippen molar-refractivity contribution in [1.82, 2.24) is 14.4 Å². The third-order valence-corrected chi connectivity index (χ3v) is 2.98. The Labute approximate surface area is 105 Å². The minimum atomic E-state index is 0.488. The molecule has 0 fully saturated rings. The van der Waals surface area contributed by atoms with Crippen LogP contribution in [0.3, 0.4) is 0 Å². The third kappa shape index (κ3) is 1.82. The summed E-state index contributed by atoms with van der Waals surface area (Å²) in [6.45, 7) is 2.14. The summed E-state index contributed by atoms with van der Waals surface area (Å²) in [5.74, 6) is 1.12. The molecule has 3 aromatic rings. The Bertz CT molecular complexity index is 700. The molecule has 0 saturated carbocycles. The zero-order chi connectivity index (χ0) is 12.5. The molecule has 3 rings (SSSR count). The Morgan fingerprint density at radius 2 is 2.11 bits per heavy atom. The number of benzene rings is 1. The lowest BCUT2D eigenvalue weighted by Crippen LogP contribution is -1.93. The molecule has 0 bridgehead atoms. The molecule has 0 saturated heterocycles. The third-order valence-electron chi connectivity index (χ3n) is 2.98. The molecule has 2 aromatic heterocycles. The van der Waals surface area contributed by atoms with Crippen molar-refractivity contribution in [1.29, 1.82) is 0 Å².